The standard InChI is InChI=1S/C13H19N5O4/c1-3-21-11-8-10(16-13(14)17-11)18(5-15-8)12-6(2)9(20)7(4-19)22-12/h5-7,9,12,19-20H,3-4H2,1-2H3,(H2,14,16,17)/t6?,7-,9+,12-/m1/s1. The second kappa shape index (κ2) is 5.67. The molecule has 0 bridgehead atoms. The van der Waals surface area contributed by atoms with Crippen molar-refractivity contribution in [1.29, 1.82) is 0 Å². The maximum absolute atomic E-state index is 10.1. The molecule has 9 heteroatoms. The summed E-state index contributed by atoms with van der Waals surface area (Å²) in [4.78, 5) is 12.5. The Balaban J connectivity index is 2.05. The van der Waals surface area contributed by atoms with Gasteiger partial charge in [0.15, 0.2) is 11.2 Å². The molecule has 0 amide bonds. The van der Waals surface area contributed by atoms with Gasteiger partial charge in [0.2, 0.25) is 11.8 Å². The van der Waals surface area contributed by atoms with Crippen molar-refractivity contribution in [2.45, 2.75) is 32.3 Å². The monoisotopic (exact) mass is 309 g/mol. The third-order valence-electron chi connectivity index (χ3n) is 3.83. The Morgan fingerprint density at radius 2 is 2.23 bits per heavy atom. The zero-order chi connectivity index (χ0) is 15.9. The molecule has 4 atom stereocenters. The zero-order valence-corrected chi connectivity index (χ0v) is 12.4. The summed E-state index contributed by atoms with van der Waals surface area (Å²) in [7, 11) is 0. The van der Waals surface area contributed by atoms with E-state index in [1.54, 1.807) is 10.9 Å². The summed E-state index contributed by atoms with van der Waals surface area (Å²) in [5.74, 6) is 0.151. The lowest BCUT2D eigenvalue weighted by Gasteiger charge is -2.17. The number of rotatable bonds is 4. The summed E-state index contributed by atoms with van der Waals surface area (Å²) < 4.78 is 12.8. The smallest absolute Gasteiger partial charge is 0.247 e. The molecule has 2 aromatic heterocycles. The van der Waals surface area contributed by atoms with Crippen LogP contribution in [0.15, 0.2) is 6.33 Å². The molecule has 9 nitrogen and oxygen atoms in total. The SMILES string of the molecule is CCOc1nc(N)nc2c1ncn2[C@@H]1O[C@H](CO)[C@@H](O)C1C. The highest BCUT2D eigenvalue weighted by Gasteiger charge is 2.42. The summed E-state index contributed by atoms with van der Waals surface area (Å²) >= 11 is 0. The first-order valence-corrected chi connectivity index (χ1v) is 7.14. The van der Waals surface area contributed by atoms with Crippen molar-refractivity contribution in [3.63, 3.8) is 0 Å². The minimum atomic E-state index is -0.766. The summed E-state index contributed by atoms with van der Waals surface area (Å²) in [5, 5.41) is 19.4. The molecule has 3 rings (SSSR count). The molecule has 0 spiro atoms. The van der Waals surface area contributed by atoms with Gasteiger partial charge in [-0.25, -0.2) is 4.98 Å². The molecule has 1 saturated heterocycles. The number of nitrogens with zero attached hydrogens (tertiary/aromatic N) is 4. The number of hydrogen-bond donors (Lipinski definition) is 3. The average molecular weight is 309 g/mol. The van der Waals surface area contributed by atoms with E-state index in [1.165, 1.54) is 0 Å². The van der Waals surface area contributed by atoms with E-state index in [2.05, 4.69) is 15.0 Å². The number of aliphatic hydroxyl groups excluding tert-OH is 2. The van der Waals surface area contributed by atoms with Crippen LogP contribution < -0.4 is 10.5 Å². The first-order chi connectivity index (χ1) is 10.6. The maximum Gasteiger partial charge on any atom is 0.247 e. The number of nitrogen functional groups attached to an aromatic ring is 1. The second-order valence-electron chi connectivity index (χ2n) is 5.24. The quantitative estimate of drug-likeness (QED) is 0.701. The lowest BCUT2D eigenvalue weighted by molar-refractivity contribution is -0.0447. The van der Waals surface area contributed by atoms with Crippen molar-refractivity contribution in [2.24, 2.45) is 5.92 Å². The molecule has 1 aliphatic heterocycles. The molecular weight excluding hydrogens is 290 g/mol. The molecule has 2 aromatic rings. The van der Waals surface area contributed by atoms with Gasteiger partial charge in [-0.15, -0.1) is 0 Å². The van der Waals surface area contributed by atoms with Crippen LogP contribution in [0.25, 0.3) is 11.2 Å². The van der Waals surface area contributed by atoms with E-state index in [1.807, 2.05) is 13.8 Å². The van der Waals surface area contributed by atoms with Gasteiger partial charge < -0.3 is 25.4 Å². The molecule has 0 saturated carbocycles. The Morgan fingerprint density at radius 1 is 1.45 bits per heavy atom. The van der Waals surface area contributed by atoms with Gasteiger partial charge in [0.25, 0.3) is 0 Å². The Labute approximate surface area is 126 Å². The number of nitrogens with two attached hydrogens (primary N) is 1. The number of ether oxygens (including phenoxy) is 2. The van der Waals surface area contributed by atoms with E-state index in [0.29, 0.717) is 23.7 Å². The third-order valence-corrected chi connectivity index (χ3v) is 3.83. The Bertz CT molecular complexity index is 676. The van der Waals surface area contributed by atoms with Gasteiger partial charge in [-0.2, -0.15) is 9.97 Å². The summed E-state index contributed by atoms with van der Waals surface area (Å²) in [6, 6.07) is 0. The first-order valence-electron chi connectivity index (χ1n) is 7.14. The summed E-state index contributed by atoms with van der Waals surface area (Å²) in [5.41, 5.74) is 6.67. The topological polar surface area (TPSA) is 129 Å². The van der Waals surface area contributed by atoms with E-state index in [-0.39, 0.29) is 18.5 Å². The Kier molecular flexibility index (Phi) is 3.85. The first kappa shape index (κ1) is 14.9. The molecule has 1 unspecified atom stereocenters. The van der Waals surface area contributed by atoms with Gasteiger partial charge in [0.1, 0.15) is 12.3 Å². The predicted molar refractivity (Wildman–Crippen MR) is 77.1 cm³/mol. The molecule has 0 aliphatic carbocycles. The van der Waals surface area contributed by atoms with Crippen LogP contribution in [0.1, 0.15) is 20.1 Å². The van der Waals surface area contributed by atoms with Gasteiger partial charge in [-0.3, -0.25) is 4.57 Å². The van der Waals surface area contributed by atoms with E-state index in [4.69, 9.17) is 15.2 Å². The van der Waals surface area contributed by atoms with Gasteiger partial charge in [-0.05, 0) is 6.92 Å². The molecule has 1 fully saturated rings. The van der Waals surface area contributed by atoms with Crippen LogP contribution >= 0.6 is 0 Å². The number of aliphatic hydroxyl groups is 2. The second-order valence-corrected chi connectivity index (χ2v) is 5.24. The predicted octanol–water partition coefficient (Wildman–Crippen LogP) is -0.306. The normalized spacial score (nSPS) is 28.4. The van der Waals surface area contributed by atoms with Gasteiger partial charge >= 0.3 is 0 Å². The van der Waals surface area contributed by atoms with Crippen LogP contribution in [0.3, 0.4) is 0 Å². The van der Waals surface area contributed by atoms with Crippen molar-refractivity contribution in [3.8, 4) is 5.88 Å². The maximum atomic E-state index is 10.1. The molecule has 1 aliphatic rings. The number of imidazole rings is 1. The molecule has 22 heavy (non-hydrogen) atoms. The van der Waals surface area contributed by atoms with Crippen molar-refractivity contribution < 1.29 is 19.7 Å². The van der Waals surface area contributed by atoms with Gasteiger partial charge in [0, 0.05) is 5.92 Å². The Hall–Kier alpha value is -1.97. The van der Waals surface area contributed by atoms with E-state index in [0.717, 1.165) is 0 Å². The number of fused-ring (bicyclic) bond motifs is 1. The fourth-order valence-electron chi connectivity index (χ4n) is 2.69. The minimum absolute atomic E-state index is 0.0719. The van der Waals surface area contributed by atoms with Crippen molar-refractivity contribution in [1.82, 2.24) is 19.5 Å². The summed E-state index contributed by atoms with van der Waals surface area (Å²) in [6.07, 6.45) is -0.350. The van der Waals surface area contributed by atoms with Crippen LogP contribution in [0, 0.1) is 5.92 Å². The van der Waals surface area contributed by atoms with Crippen molar-refractivity contribution in [3.05, 3.63) is 6.33 Å². The van der Waals surface area contributed by atoms with Crippen LogP contribution in [0.5, 0.6) is 5.88 Å². The average Bonchev–Trinajstić information content (AvgIpc) is 3.02. The molecular formula is C13H19N5O4. The van der Waals surface area contributed by atoms with Crippen LogP contribution in [-0.4, -0.2) is 55.2 Å². The van der Waals surface area contributed by atoms with E-state index in [9.17, 15) is 10.2 Å². The van der Waals surface area contributed by atoms with Crippen LogP contribution in [-0.2, 0) is 4.74 Å². The Morgan fingerprint density at radius 3 is 2.86 bits per heavy atom. The van der Waals surface area contributed by atoms with Crippen LogP contribution in [0.4, 0.5) is 5.95 Å². The number of aromatic nitrogens is 4. The van der Waals surface area contributed by atoms with E-state index < -0.39 is 18.4 Å². The summed E-state index contributed by atoms with van der Waals surface area (Å²) in [6.45, 7) is 3.85. The van der Waals surface area contributed by atoms with E-state index >= 15 is 0 Å². The molecule has 4 N–H and O–H groups in total. The van der Waals surface area contributed by atoms with Gasteiger partial charge in [0.05, 0.1) is 25.6 Å². The van der Waals surface area contributed by atoms with Crippen molar-refractivity contribution in [2.75, 3.05) is 18.9 Å². The van der Waals surface area contributed by atoms with Crippen LogP contribution in [0.2, 0.25) is 0 Å². The third kappa shape index (κ3) is 2.27. The largest absolute Gasteiger partial charge is 0.476 e. The molecule has 120 valence electrons. The lowest BCUT2D eigenvalue weighted by Crippen LogP contribution is -2.28. The van der Waals surface area contributed by atoms with Crippen molar-refractivity contribution >= 4 is 17.1 Å². The molecule has 3 heterocycles. The highest BCUT2D eigenvalue weighted by Crippen LogP contribution is 2.36. The molecule has 0 aromatic carbocycles. The fourth-order valence-corrected chi connectivity index (χ4v) is 2.69. The highest BCUT2D eigenvalue weighted by atomic mass is 16.5. The molecule has 0 radical (unpaired) electrons. The number of hydrogen-bond acceptors (Lipinski definition) is 8. The van der Waals surface area contributed by atoms with Gasteiger partial charge in [-0.1, -0.05) is 6.92 Å². The zero-order valence-electron chi connectivity index (χ0n) is 12.4. The fraction of sp³-hybridized carbons (Fsp3) is 0.615. The minimum Gasteiger partial charge on any atom is -0.476 e. The number of anilines is 1. The highest BCUT2D eigenvalue weighted by molar-refractivity contribution is 5.77. The lowest BCUT2D eigenvalue weighted by atomic mass is 10.0.